The second kappa shape index (κ2) is 5.44. The van der Waals surface area contributed by atoms with Gasteiger partial charge in [-0.3, -0.25) is 19.3 Å². The fourth-order valence-electron chi connectivity index (χ4n) is 3.35. The van der Waals surface area contributed by atoms with E-state index in [0.717, 1.165) is 11.3 Å². The third kappa shape index (κ3) is 2.45. The Morgan fingerprint density at radius 1 is 1.23 bits per heavy atom. The molecular weight excluding hydrogens is 282 g/mol. The van der Waals surface area contributed by atoms with Gasteiger partial charge in [0.1, 0.15) is 6.04 Å². The summed E-state index contributed by atoms with van der Waals surface area (Å²) in [6.45, 7) is 2.56. The van der Waals surface area contributed by atoms with E-state index in [0.29, 0.717) is 25.9 Å². The number of likely N-dealkylation sites (tertiary alicyclic amines) is 1. The number of primary amides is 1. The Hall–Kier alpha value is -2.37. The Labute approximate surface area is 128 Å². The molecule has 1 aromatic rings. The minimum atomic E-state index is -0.468. The highest BCUT2D eigenvalue weighted by atomic mass is 16.2. The van der Waals surface area contributed by atoms with Crippen LogP contribution in [0.1, 0.15) is 18.9 Å². The van der Waals surface area contributed by atoms with Gasteiger partial charge in [-0.1, -0.05) is 18.2 Å². The van der Waals surface area contributed by atoms with Crippen molar-refractivity contribution in [2.24, 2.45) is 11.7 Å². The summed E-state index contributed by atoms with van der Waals surface area (Å²) in [7, 11) is 0. The van der Waals surface area contributed by atoms with E-state index in [1.54, 1.807) is 9.80 Å². The second-order valence-corrected chi connectivity index (χ2v) is 6.02. The van der Waals surface area contributed by atoms with Gasteiger partial charge in [0, 0.05) is 44.5 Å². The normalized spacial score (nSPS) is 20.5. The van der Waals surface area contributed by atoms with Gasteiger partial charge in [-0.2, -0.15) is 0 Å². The molecule has 0 unspecified atom stereocenters. The molecule has 1 saturated heterocycles. The number of rotatable bonds is 3. The number of anilines is 1. The average molecular weight is 301 g/mol. The van der Waals surface area contributed by atoms with Crippen molar-refractivity contribution in [3.63, 3.8) is 0 Å². The lowest BCUT2D eigenvalue weighted by atomic mass is 9.94. The zero-order valence-corrected chi connectivity index (χ0v) is 12.5. The number of hydrogen-bond donors (Lipinski definition) is 1. The van der Waals surface area contributed by atoms with Crippen molar-refractivity contribution in [2.75, 3.05) is 18.0 Å². The summed E-state index contributed by atoms with van der Waals surface area (Å²) in [5, 5.41) is 0. The van der Waals surface area contributed by atoms with Gasteiger partial charge in [-0.15, -0.1) is 0 Å². The molecule has 3 rings (SSSR count). The van der Waals surface area contributed by atoms with Crippen LogP contribution in [-0.4, -0.2) is 41.8 Å². The van der Waals surface area contributed by atoms with Gasteiger partial charge < -0.3 is 10.6 Å². The molecule has 0 bridgehead atoms. The molecule has 2 aliphatic rings. The maximum absolute atomic E-state index is 12.7. The number of benzene rings is 1. The van der Waals surface area contributed by atoms with Crippen molar-refractivity contribution >= 4 is 23.4 Å². The SMILES string of the molecule is CC(=O)N1c2ccccc2C[C@H]1C(=O)N1CC(CC(N)=O)C1. The molecule has 2 N–H and O–H groups in total. The number of nitrogens with zero attached hydrogens (tertiary/aromatic N) is 2. The van der Waals surface area contributed by atoms with E-state index < -0.39 is 6.04 Å². The van der Waals surface area contributed by atoms with Crippen molar-refractivity contribution in [1.82, 2.24) is 4.90 Å². The summed E-state index contributed by atoms with van der Waals surface area (Å²) >= 11 is 0. The Morgan fingerprint density at radius 3 is 2.55 bits per heavy atom. The van der Waals surface area contributed by atoms with Crippen LogP contribution < -0.4 is 10.6 Å². The lowest BCUT2D eigenvalue weighted by molar-refractivity contribution is -0.141. The molecule has 22 heavy (non-hydrogen) atoms. The molecule has 0 spiro atoms. The molecule has 2 heterocycles. The van der Waals surface area contributed by atoms with Crippen LogP contribution >= 0.6 is 0 Å². The van der Waals surface area contributed by atoms with Gasteiger partial charge in [-0.05, 0) is 11.6 Å². The largest absolute Gasteiger partial charge is 0.370 e. The van der Waals surface area contributed by atoms with E-state index in [4.69, 9.17) is 5.73 Å². The molecule has 116 valence electrons. The van der Waals surface area contributed by atoms with Crippen molar-refractivity contribution < 1.29 is 14.4 Å². The molecule has 2 aliphatic heterocycles. The molecule has 6 heteroatoms. The summed E-state index contributed by atoms with van der Waals surface area (Å²) in [4.78, 5) is 38.8. The first-order chi connectivity index (χ1) is 10.5. The smallest absolute Gasteiger partial charge is 0.246 e. The van der Waals surface area contributed by atoms with E-state index in [1.165, 1.54) is 6.92 Å². The summed E-state index contributed by atoms with van der Waals surface area (Å²) in [6.07, 6.45) is 0.858. The molecule has 1 atom stereocenters. The third-order valence-corrected chi connectivity index (χ3v) is 4.36. The standard InChI is InChI=1S/C16H19N3O3/c1-10(20)19-13-5-3-2-4-12(13)7-14(19)16(22)18-8-11(9-18)6-15(17)21/h2-5,11,14H,6-9H2,1H3,(H2,17,21)/t14-/m0/s1. The average Bonchev–Trinajstić information content (AvgIpc) is 2.80. The summed E-state index contributed by atoms with van der Waals surface area (Å²) < 4.78 is 0. The zero-order valence-electron chi connectivity index (χ0n) is 12.5. The Bertz CT molecular complexity index is 637. The van der Waals surface area contributed by atoms with Crippen LogP contribution in [0.4, 0.5) is 5.69 Å². The number of para-hydroxylation sites is 1. The van der Waals surface area contributed by atoms with Gasteiger partial charge in [0.2, 0.25) is 17.7 Å². The summed E-state index contributed by atoms with van der Waals surface area (Å²) in [5.41, 5.74) is 7.01. The third-order valence-electron chi connectivity index (χ3n) is 4.36. The van der Waals surface area contributed by atoms with E-state index >= 15 is 0 Å². The summed E-state index contributed by atoms with van der Waals surface area (Å²) in [6, 6.07) is 7.13. The van der Waals surface area contributed by atoms with Gasteiger partial charge in [0.05, 0.1) is 0 Å². The van der Waals surface area contributed by atoms with Crippen molar-refractivity contribution in [3.05, 3.63) is 29.8 Å². The first kappa shape index (κ1) is 14.6. The van der Waals surface area contributed by atoms with E-state index in [9.17, 15) is 14.4 Å². The molecular formula is C16H19N3O3. The molecule has 0 aliphatic carbocycles. The predicted octanol–water partition coefficient (Wildman–Crippen LogP) is 0.298. The Morgan fingerprint density at radius 2 is 1.91 bits per heavy atom. The minimum Gasteiger partial charge on any atom is -0.370 e. The van der Waals surface area contributed by atoms with Gasteiger partial charge >= 0.3 is 0 Å². The lowest BCUT2D eigenvalue weighted by Crippen LogP contribution is -2.57. The molecule has 0 radical (unpaired) electrons. The van der Waals surface area contributed by atoms with Crippen molar-refractivity contribution in [3.8, 4) is 0 Å². The van der Waals surface area contributed by atoms with E-state index in [2.05, 4.69) is 0 Å². The zero-order chi connectivity index (χ0) is 15.9. The van der Waals surface area contributed by atoms with Gasteiger partial charge in [-0.25, -0.2) is 0 Å². The van der Waals surface area contributed by atoms with Crippen molar-refractivity contribution in [2.45, 2.75) is 25.8 Å². The van der Waals surface area contributed by atoms with Crippen molar-refractivity contribution in [1.29, 1.82) is 0 Å². The van der Waals surface area contributed by atoms with Crippen LogP contribution in [0, 0.1) is 5.92 Å². The lowest BCUT2D eigenvalue weighted by Gasteiger charge is -2.41. The quantitative estimate of drug-likeness (QED) is 0.871. The number of fused-ring (bicyclic) bond motifs is 1. The van der Waals surface area contributed by atoms with Gasteiger partial charge in [0.15, 0.2) is 0 Å². The molecule has 1 aromatic carbocycles. The predicted molar refractivity (Wildman–Crippen MR) is 81.0 cm³/mol. The number of nitrogens with two attached hydrogens (primary N) is 1. The highest BCUT2D eigenvalue weighted by Gasteiger charge is 2.42. The van der Waals surface area contributed by atoms with Crippen LogP contribution in [0.5, 0.6) is 0 Å². The topological polar surface area (TPSA) is 83.7 Å². The highest BCUT2D eigenvalue weighted by molar-refractivity contribution is 6.02. The maximum atomic E-state index is 12.7. The molecule has 0 saturated carbocycles. The Balaban J connectivity index is 1.72. The molecule has 6 nitrogen and oxygen atoms in total. The maximum Gasteiger partial charge on any atom is 0.246 e. The fraction of sp³-hybridized carbons (Fsp3) is 0.438. The minimum absolute atomic E-state index is 0.0490. The number of carbonyl (C=O) groups excluding carboxylic acids is 3. The van der Waals surface area contributed by atoms with Crippen LogP contribution in [0.15, 0.2) is 24.3 Å². The molecule has 1 fully saturated rings. The highest BCUT2D eigenvalue weighted by Crippen LogP contribution is 2.34. The van der Waals surface area contributed by atoms with E-state index in [-0.39, 0.29) is 23.6 Å². The number of hydrogen-bond acceptors (Lipinski definition) is 3. The van der Waals surface area contributed by atoms with Crippen LogP contribution in [0.3, 0.4) is 0 Å². The fourth-order valence-corrected chi connectivity index (χ4v) is 3.35. The van der Waals surface area contributed by atoms with E-state index in [1.807, 2.05) is 24.3 Å². The van der Waals surface area contributed by atoms with Crippen LogP contribution in [0.25, 0.3) is 0 Å². The monoisotopic (exact) mass is 301 g/mol. The number of amides is 3. The Kier molecular flexibility index (Phi) is 3.60. The van der Waals surface area contributed by atoms with Crippen LogP contribution in [-0.2, 0) is 20.8 Å². The van der Waals surface area contributed by atoms with Crippen LogP contribution in [0.2, 0.25) is 0 Å². The first-order valence-corrected chi connectivity index (χ1v) is 7.42. The summed E-state index contributed by atoms with van der Waals surface area (Å²) in [5.74, 6) is -0.364. The first-order valence-electron chi connectivity index (χ1n) is 7.42. The second-order valence-electron chi connectivity index (χ2n) is 6.02. The number of carbonyl (C=O) groups is 3. The van der Waals surface area contributed by atoms with Gasteiger partial charge in [0.25, 0.3) is 0 Å². The molecule has 0 aromatic heterocycles. The molecule has 3 amide bonds.